The van der Waals surface area contributed by atoms with Crippen LogP contribution in [0.3, 0.4) is 0 Å². The average Bonchev–Trinajstić information content (AvgIpc) is 3.05. The second-order valence-corrected chi connectivity index (χ2v) is 5.84. The molecule has 1 N–H and O–H groups in total. The number of nitrogens with one attached hydrogen (secondary N) is 1. The largest absolute Gasteiger partial charge is 0.366 e. The predicted molar refractivity (Wildman–Crippen MR) is 81.7 cm³/mol. The summed E-state index contributed by atoms with van der Waals surface area (Å²) in [6.45, 7) is 1.96. The molecule has 1 aliphatic carbocycles. The Labute approximate surface area is 127 Å². The first-order chi connectivity index (χ1) is 10.2. The first kappa shape index (κ1) is 12.6. The van der Waals surface area contributed by atoms with Crippen LogP contribution in [-0.2, 0) is 0 Å². The molecule has 2 aromatic heterocycles. The summed E-state index contributed by atoms with van der Waals surface area (Å²) in [4.78, 5) is 8.48. The minimum Gasteiger partial charge on any atom is -0.366 e. The highest BCUT2D eigenvalue weighted by atomic mass is 35.5. The van der Waals surface area contributed by atoms with Crippen molar-refractivity contribution >= 4 is 23.2 Å². The third kappa shape index (κ3) is 2.34. The lowest BCUT2D eigenvalue weighted by atomic mass is 10.1. The number of anilines is 1. The van der Waals surface area contributed by atoms with Crippen LogP contribution in [0.25, 0.3) is 5.78 Å². The fourth-order valence-corrected chi connectivity index (χ4v) is 2.88. The van der Waals surface area contributed by atoms with Crippen LogP contribution in [-0.4, -0.2) is 25.6 Å². The van der Waals surface area contributed by atoms with Gasteiger partial charge in [-0.25, -0.2) is 4.98 Å². The summed E-state index contributed by atoms with van der Waals surface area (Å²) >= 11 is 6.06. The molecule has 1 aliphatic rings. The minimum absolute atomic E-state index is 0.401. The van der Waals surface area contributed by atoms with E-state index in [1.54, 1.807) is 4.52 Å². The van der Waals surface area contributed by atoms with Gasteiger partial charge >= 0.3 is 0 Å². The molecular formula is C15H14ClN5. The Morgan fingerprint density at radius 2 is 2.24 bits per heavy atom. The van der Waals surface area contributed by atoms with Gasteiger partial charge in [-0.3, -0.25) is 0 Å². The summed E-state index contributed by atoms with van der Waals surface area (Å²) in [7, 11) is 0. The number of nitrogens with zero attached hydrogens (tertiary/aromatic N) is 4. The molecule has 0 saturated heterocycles. The number of fused-ring (bicyclic) bond motifs is 1. The Hall–Kier alpha value is -2.14. The lowest BCUT2D eigenvalue weighted by Crippen LogP contribution is -2.10. The quantitative estimate of drug-likeness (QED) is 0.807. The Morgan fingerprint density at radius 1 is 1.33 bits per heavy atom. The number of rotatable bonds is 3. The molecule has 2 heterocycles. The summed E-state index contributed by atoms with van der Waals surface area (Å²) in [5.74, 6) is 2.05. The zero-order valence-electron chi connectivity index (χ0n) is 11.5. The summed E-state index contributed by atoms with van der Waals surface area (Å²) in [5.41, 5.74) is 2.21. The molecule has 0 amide bonds. The van der Waals surface area contributed by atoms with Crippen molar-refractivity contribution in [2.24, 2.45) is 0 Å². The van der Waals surface area contributed by atoms with Crippen LogP contribution in [0.15, 0.2) is 36.7 Å². The van der Waals surface area contributed by atoms with Gasteiger partial charge in [-0.2, -0.15) is 14.6 Å². The van der Waals surface area contributed by atoms with E-state index in [2.05, 4.69) is 26.4 Å². The van der Waals surface area contributed by atoms with Crippen LogP contribution < -0.4 is 5.32 Å². The van der Waals surface area contributed by atoms with Gasteiger partial charge in [0.05, 0.1) is 0 Å². The third-order valence-corrected chi connectivity index (χ3v) is 4.02. The smallest absolute Gasteiger partial charge is 0.254 e. The predicted octanol–water partition coefficient (Wildman–Crippen LogP) is 3.05. The van der Waals surface area contributed by atoms with E-state index in [1.807, 2.05) is 31.2 Å². The number of hydrogen-bond acceptors (Lipinski definition) is 4. The van der Waals surface area contributed by atoms with E-state index >= 15 is 0 Å². The van der Waals surface area contributed by atoms with Gasteiger partial charge in [0.25, 0.3) is 5.78 Å². The first-order valence-corrected chi connectivity index (χ1v) is 7.28. The van der Waals surface area contributed by atoms with Crippen LogP contribution in [0.4, 0.5) is 5.82 Å². The molecule has 106 valence electrons. The molecule has 2 unspecified atom stereocenters. The Kier molecular flexibility index (Phi) is 2.82. The van der Waals surface area contributed by atoms with Gasteiger partial charge in [-0.15, -0.1) is 0 Å². The van der Waals surface area contributed by atoms with Crippen LogP contribution >= 0.6 is 11.6 Å². The van der Waals surface area contributed by atoms with E-state index < -0.39 is 0 Å². The van der Waals surface area contributed by atoms with Gasteiger partial charge in [0.1, 0.15) is 12.1 Å². The summed E-state index contributed by atoms with van der Waals surface area (Å²) < 4.78 is 1.74. The van der Waals surface area contributed by atoms with Gasteiger partial charge in [0.2, 0.25) is 0 Å². The number of aryl methyl sites for hydroxylation is 1. The maximum absolute atomic E-state index is 6.06. The highest BCUT2D eigenvalue weighted by molar-refractivity contribution is 6.30. The van der Waals surface area contributed by atoms with Gasteiger partial charge < -0.3 is 5.32 Å². The monoisotopic (exact) mass is 299 g/mol. The summed E-state index contributed by atoms with van der Waals surface area (Å²) in [5, 5.41) is 8.53. The van der Waals surface area contributed by atoms with E-state index in [9.17, 15) is 0 Å². The highest BCUT2D eigenvalue weighted by Gasteiger charge is 2.38. The number of aromatic nitrogens is 4. The average molecular weight is 300 g/mol. The van der Waals surface area contributed by atoms with Crippen LogP contribution in [0.1, 0.15) is 23.6 Å². The standard InChI is InChI=1S/C15H14ClN5/c1-9-5-14(21-15(19-9)17-8-18-21)20-13-7-12(13)10-3-2-4-11(16)6-10/h2-6,8,12-13,20H,7H2,1H3. The van der Waals surface area contributed by atoms with Crippen LogP contribution in [0.2, 0.25) is 5.02 Å². The van der Waals surface area contributed by atoms with E-state index in [-0.39, 0.29) is 0 Å². The second-order valence-electron chi connectivity index (χ2n) is 5.40. The SMILES string of the molecule is Cc1cc(NC2CC2c2cccc(Cl)c2)n2ncnc2n1. The van der Waals surface area contributed by atoms with Crippen molar-refractivity contribution in [3.63, 3.8) is 0 Å². The number of halogens is 1. The lowest BCUT2D eigenvalue weighted by Gasteiger charge is -2.08. The summed E-state index contributed by atoms with van der Waals surface area (Å²) in [6.07, 6.45) is 2.62. The molecule has 1 aromatic carbocycles. The van der Waals surface area contributed by atoms with E-state index in [0.29, 0.717) is 17.7 Å². The molecule has 0 radical (unpaired) electrons. The topological polar surface area (TPSA) is 55.1 Å². The fourth-order valence-electron chi connectivity index (χ4n) is 2.68. The molecule has 1 saturated carbocycles. The van der Waals surface area contributed by atoms with E-state index in [1.165, 1.54) is 11.9 Å². The first-order valence-electron chi connectivity index (χ1n) is 6.90. The maximum Gasteiger partial charge on any atom is 0.254 e. The van der Waals surface area contributed by atoms with Crippen molar-refractivity contribution in [2.75, 3.05) is 5.32 Å². The number of hydrogen-bond donors (Lipinski definition) is 1. The molecular weight excluding hydrogens is 286 g/mol. The zero-order valence-corrected chi connectivity index (χ0v) is 12.2. The molecule has 3 aromatic rings. The molecule has 21 heavy (non-hydrogen) atoms. The van der Waals surface area contributed by atoms with Crippen molar-refractivity contribution in [2.45, 2.75) is 25.3 Å². The van der Waals surface area contributed by atoms with Crippen molar-refractivity contribution in [3.05, 3.63) is 52.9 Å². The Bertz CT molecular complexity index is 813. The minimum atomic E-state index is 0.401. The molecule has 0 spiro atoms. The van der Waals surface area contributed by atoms with Gasteiger partial charge in [-0.05, 0) is 31.0 Å². The van der Waals surface area contributed by atoms with Crippen molar-refractivity contribution < 1.29 is 0 Å². The maximum atomic E-state index is 6.06. The second kappa shape index (κ2) is 4.70. The molecule has 5 nitrogen and oxygen atoms in total. The number of benzene rings is 1. The Morgan fingerprint density at radius 3 is 3.10 bits per heavy atom. The van der Waals surface area contributed by atoms with Gasteiger partial charge in [0.15, 0.2) is 0 Å². The van der Waals surface area contributed by atoms with E-state index in [4.69, 9.17) is 11.6 Å². The van der Waals surface area contributed by atoms with Crippen LogP contribution in [0.5, 0.6) is 0 Å². The normalized spacial score (nSPS) is 20.7. The van der Waals surface area contributed by atoms with Crippen molar-refractivity contribution in [1.29, 1.82) is 0 Å². The van der Waals surface area contributed by atoms with Crippen molar-refractivity contribution in [1.82, 2.24) is 19.6 Å². The van der Waals surface area contributed by atoms with Crippen molar-refractivity contribution in [3.8, 4) is 0 Å². The fraction of sp³-hybridized carbons (Fsp3) is 0.267. The van der Waals surface area contributed by atoms with Gasteiger partial charge in [-0.1, -0.05) is 23.7 Å². The molecule has 6 heteroatoms. The van der Waals surface area contributed by atoms with E-state index in [0.717, 1.165) is 23.0 Å². The summed E-state index contributed by atoms with van der Waals surface area (Å²) in [6, 6.07) is 10.5. The molecule has 2 atom stereocenters. The van der Waals surface area contributed by atoms with Gasteiger partial charge in [0, 0.05) is 28.7 Å². The highest BCUT2D eigenvalue weighted by Crippen LogP contribution is 2.43. The third-order valence-electron chi connectivity index (χ3n) is 3.78. The lowest BCUT2D eigenvalue weighted by molar-refractivity contribution is 0.908. The molecule has 0 bridgehead atoms. The Balaban J connectivity index is 1.58. The molecule has 1 fully saturated rings. The zero-order chi connectivity index (χ0) is 14.4. The molecule has 4 rings (SSSR count). The van der Waals surface area contributed by atoms with Crippen LogP contribution in [0, 0.1) is 6.92 Å². The molecule has 0 aliphatic heterocycles.